The van der Waals surface area contributed by atoms with Crippen molar-refractivity contribution in [2.75, 3.05) is 18.2 Å². The first kappa shape index (κ1) is 18.8. The molecule has 8 nitrogen and oxygen atoms in total. The number of hydrogen-bond donors (Lipinski definition) is 1. The second-order valence-corrected chi connectivity index (χ2v) is 6.96. The van der Waals surface area contributed by atoms with Gasteiger partial charge >= 0.3 is 0 Å². The summed E-state index contributed by atoms with van der Waals surface area (Å²) in [6.45, 7) is 6.09. The molecule has 27 heavy (non-hydrogen) atoms. The van der Waals surface area contributed by atoms with E-state index in [1.165, 1.54) is 24.4 Å². The van der Waals surface area contributed by atoms with E-state index in [2.05, 4.69) is 44.9 Å². The summed E-state index contributed by atoms with van der Waals surface area (Å²) in [5.41, 5.74) is 4.79. The van der Waals surface area contributed by atoms with Crippen molar-refractivity contribution in [3.8, 4) is 11.6 Å². The van der Waals surface area contributed by atoms with Gasteiger partial charge in [0.2, 0.25) is 16.9 Å². The predicted molar refractivity (Wildman–Crippen MR) is 104 cm³/mol. The van der Waals surface area contributed by atoms with Crippen molar-refractivity contribution in [3.05, 3.63) is 47.2 Å². The number of benzene rings is 1. The van der Waals surface area contributed by atoms with Crippen LogP contribution in [0, 0.1) is 20.8 Å². The van der Waals surface area contributed by atoms with Crippen molar-refractivity contribution < 1.29 is 9.53 Å². The molecule has 0 spiro atoms. The Morgan fingerprint density at radius 2 is 2.00 bits per heavy atom. The maximum atomic E-state index is 12.3. The summed E-state index contributed by atoms with van der Waals surface area (Å²) in [4.78, 5) is 16.4. The van der Waals surface area contributed by atoms with Crippen LogP contribution in [-0.2, 0) is 4.79 Å². The molecule has 0 aliphatic heterocycles. The van der Waals surface area contributed by atoms with Gasteiger partial charge in [0.15, 0.2) is 0 Å². The molecule has 0 bridgehead atoms. The zero-order chi connectivity index (χ0) is 19.4. The van der Waals surface area contributed by atoms with E-state index >= 15 is 0 Å². The quantitative estimate of drug-likeness (QED) is 0.653. The predicted octanol–water partition coefficient (Wildman–Crippen LogP) is 2.72. The minimum absolute atomic E-state index is 0.155. The molecule has 0 atom stereocenters. The summed E-state index contributed by atoms with van der Waals surface area (Å²) in [7, 11) is 1.51. The number of thioether (sulfide) groups is 1. The van der Waals surface area contributed by atoms with Gasteiger partial charge in [0.05, 0.1) is 18.6 Å². The fourth-order valence-electron chi connectivity index (χ4n) is 2.88. The van der Waals surface area contributed by atoms with Gasteiger partial charge in [-0.05, 0) is 54.5 Å². The molecule has 0 aliphatic carbocycles. The second-order valence-electron chi connectivity index (χ2n) is 6.02. The number of carbonyl (C=O) groups excluding carboxylic acids is 1. The SMILES string of the molecule is COc1ncccc1NC(=O)CSc1nnnn1-c1c(C)cc(C)cc1C. The number of aromatic nitrogens is 5. The topological polar surface area (TPSA) is 94.8 Å². The van der Waals surface area contributed by atoms with Gasteiger partial charge in [-0.2, -0.15) is 4.68 Å². The Hall–Kier alpha value is -2.94. The molecule has 1 aromatic carbocycles. The van der Waals surface area contributed by atoms with Crippen LogP contribution in [0.1, 0.15) is 16.7 Å². The lowest BCUT2D eigenvalue weighted by molar-refractivity contribution is -0.113. The molecule has 0 saturated heterocycles. The normalized spacial score (nSPS) is 10.7. The maximum Gasteiger partial charge on any atom is 0.237 e. The summed E-state index contributed by atoms with van der Waals surface area (Å²) in [5, 5.41) is 15.3. The van der Waals surface area contributed by atoms with Crippen molar-refractivity contribution in [2.24, 2.45) is 0 Å². The summed E-state index contributed by atoms with van der Waals surface area (Å²) in [6.07, 6.45) is 1.60. The molecule has 9 heteroatoms. The molecule has 1 amide bonds. The molecule has 0 saturated carbocycles. The van der Waals surface area contributed by atoms with E-state index < -0.39 is 0 Å². The zero-order valence-electron chi connectivity index (χ0n) is 15.6. The van der Waals surface area contributed by atoms with Crippen LogP contribution >= 0.6 is 11.8 Å². The third kappa shape index (κ3) is 4.25. The molecule has 0 aliphatic rings. The Morgan fingerprint density at radius 1 is 1.26 bits per heavy atom. The number of tetrazole rings is 1. The number of pyridine rings is 1. The fourth-order valence-corrected chi connectivity index (χ4v) is 3.56. The van der Waals surface area contributed by atoms with E-state index in [0.29, 0.717) is 16.7 Å². The van der Waals surface area contributed by atoms with Crippen LogP contribution in [0.3, 0.4) is 0 Å². The molecule has 0 unspecified atom stereocenters. The van der Waals surface area contributed by atoms with E-state index in [-0.39, 0.29) is 11.7 Å². The number of anilines is 1. The molecule has 140 valence electrons. The highest BCUT2D eigenvalue weighted by molar-refractivity contribution is 7.99. The van der Waals surface area contributed by atoms with E-state index in [9.17, 15) is 4.79 Å². The van der Waals surface area contributed by atoms with Crippen molar-refractivity contribution in [3.63, 3.8) is 0 Å². The number of amides is 1. The lowest BCUT2D eigenvalue weighted by atomic mass is 10.1. The van der Waals surface area contributed by atoms with Crippen LogP contribution in [0.4, 0.5) is 5.69 Å². The average molecular weight is 384 g/mol. The van der Waals surface area contributed by atoms with Crippen molar-refractivity contribution >= 4 is 23.4 Å². The summed E-state index contributed by atoms with van der Waals surface area (Å²) < 4.78 is 6.81. The number of carbonyl (C=O) groups is 1. The first-order valence-corrected chi connectivity index (χ1v) is 9.26. The van der Waals surface area contributed by atoms with Gasteiger partial charge in [-0.3, -0.25) is 4.79 Å². The monoisotopic (exact) mass is 384 g/mol. The van der Waals surface area contributed by atoms with Crippen LogP contribution in [0.2, 0.25) is 0 Å². The van der Waals surface area contributed by atoms with Crippen LogP contribution in [-0.4, -0.2) is 44.0 Å². The summed E-state index contributed by atoms with van der Waals surface area (Å²) >= 11 is 1.26. The van der Waals surface area contributed by atoms with Crippen molar-refractivity contribution in [1.29, 1.82) is 0 Å². The van der Waals surface area contributed by atoms with E-state index in [1.807, 2.05) is 13.8 Å². The third-order valence-corrected chi connectivity index (χ3v) is 4.78. The Bertz CT molecular complexity index is 949. The molecule has 0 fully saturated rings. The molecule has 1 N–H and O–H groups in total. The van der Waals surface area contributed by atoms with E-state index in [4.69, 9.17) is 4.74 Å². The number of aryl methyl sites for hydroxylation is 3. The first-order valence-electron chi connectivity index (χ1n) is 8.28. The highest BCUT2D eigenvalue weighted by Crippen LogP contribution is 2.25. The molecule has 2 aromatic heterocycles. The van der Waals surface area contributed by atoms with Gasteiger partial charge < -0.3 is 10.1 Å². The van der Waals surface area contributed by atoms with Gasteiger partial charge in [0, 0.05) is 6.20 Å². The fraction of sp³-hybridized carbons (Fsp3) is 0.278. The van der Waals surface area contributed by atoms with Gasteiger partial charge in [-0.25, -0.2) is 4.98 Å². The van der Waals surface area contributed by atoms with Crippen LogP contribution in [0.5, 0.6) is 5.88 Å². The molecule has 0 radical (unpaired) electrons. The van der Waals surface area contributed by atoms with E-state index in [1.54, 1.807) is 23.0 Å². The third-order valence-electron chi connectivity index (χ3n) is 3.86. The van der Waals surface area contributed by atoms with Gasteiger partial charge in [-0.1, -0.05) is 29.5 Å². The van der Waals surface area contributed by atoms with Crippen LogP contribution < -0.4 is 10.1 Å². The Kier molecular flexibility index (Phi) is 5.70. The smallest absolute Gasteiger partial charge is 0.237 e. The Morgan fingerprint density at radius 3 is 2.70 bits per heavy atom. The molecule has 3 rings (SSSR count). The zero-order valence-corrected chi connectivity index (χ0v) is 16.4. The minimum Gasteiger partial charge on any atom is -0.480 e. The Labute approximate surface area is 161 Å². The summed E-state index contributed by atoms with van der Waals surface area (Å²) in [5.74, 6) is 0.326. The highest BCUT2D eigenvalue weighted by Gasteiger charge is 2.16. The molecular formula is C18H20N6O2S. The Balaban J connectivity index is 1.73. The minimum atomic E-state index is -0.196. The molecular weight excluding hydrogens is 364 g/mol. The standard InChI is InChI=1S/C18H20N6O2S/c1-11-8-12(2)16(13(3)9-11)24-18(21-22-23-24)27-10-15(25)20-14-6-5-7-19-17(14)26-4/h5-9H,10H2,1-4H3,(H,20,25). The van der Waals surface area contributed by atoms with Crippen molar-refractivity contribution in [1.82, 2.24) is 25.2 Å². The van der Waals surface area contributed by atoms with Gasteiger partial charge in [0.25, 0.3) is 0 Å². The van der Waals surface area contributed by atoms with Crippen LogP contribution in [0.25, 0.3) is 5.69 Å². The number of nitrogens with zero attached hydrogens (tertiary/aromatic N) is 5. The lowest BCUT2D eigenvalue weighted by Crippen LogP contribution is -2.15. The number of ether oxygens (including phenoxy) is 1. The lowest BCUT2D eigenvalue weighted by Gasteiger charge is -2.12. The number of methoxy groups -OCH3 is 1. The second kappa shape index (κ2) is 8.17. The maximum absolute atomic E-state index is 12.3. The molecule has 2 heterocycles. The number of nitrogens with one attached hydrogen (secondary N) is 1. The summed E-state index contributed by atoms with van der Waals surface area (Å²) in [6, 6.07) is 7.63. The largest absolute Gasteiger partial charge is 0.480 e. The van der Waals surface area contributed by atoms with Crippen molar-refractivity contribution in [2.45, 2.75) is 25.9 Å². The van der Waals surface area contributed by atoms with E-state index in [0.717, 1.165) is 16.8 Å². The van der Waals surface area contributed by atoms with Gasteiger partial charge in [-0.15, -0.1) is 5.10 Å². The first-order chi connectivity index (χ1) is 13.0. The number of rotatable bonds is 6. The average Bonchev–Trinajstić information content (AvgIpc) is 3.08. The van der Waals surface area contributed by atoms with Crippen LogP contribution in [0.15, 0.2) is 35.6 Å². The highest BCUT2D eigenvalue weighted by atomic mass is 32.2. The number of hydrogen-bond acceptors (Lipinski definition) is 7. The van der Waals surface area contributed by atoms with Gasteiger partial charge in [0.1, 0.15) is 5.69 Å². The molecule has 3 aromatic rings.